The number of carbonyl (C=O) groups is 1. The van der Waals surface area contributed by atoms with Crippen LogP contribution in [-0.2, 0) is 0 Å². The summed E-state index contributed by atoms with van der Waals surface area (Å²) in [4.78, 5) is 19.3. The van der Waals surface area contributed by atoms with Crippen LogP contribution >= 0.6 is 0 Å². The van der Waals surface area contributed by atoms with Crippen LogP contribution in [0, 0.1) is 0 Å². The van der Waals surface area contributed by atoms with Crippen molar-refractivity contribution in [2.24, 2.45) is 0 Å². The van der Waals surface area contributed by atoms with Crippen LogP contribution in [0.4, 0.5) is 5.69 Å². The lowest BCUT2D eigenvalue weighted by Gasteiger charge is -2.37. The zero-order valence-electron chi connectivity index (χ0n) is 14.3. The van der Waals surface area contributed by atoms with E-state index in [0.29, 0.717) is 17.8 Å². The van der Waals surface area contributed by atoms with E-state index in [4.69, 9.17) is 0 Å². The first-order valence-corrected chi connectivity index (χ1v) is 9.31. The highest BCUT2D eigenvalue weighted by Gasteiger charge is 2.23. The predicted molar refractivity (Wildman–Crippen MR) is 93.9 cm³/mol. The maximum Gasteiger partial charge on any atom is 0.270 e. The highest BCUT2D eigenvalue weighted by molar-refractivity contribution is 5.93. The maximum absolute atomic E-state index is 12.5. The van der Waals surface area contributed by atoms with Crippen molar-refractivity contribution in [2.75, 3.05) is 11.4 Å². The van der Waals surface area contributed by atoms with Gasteiger partial charge in [0.2, 0.25) is 0 Å². The third-order valence-electron chi connectivity index (χ3n) is 5.35. The summed E-state index contributed by atoms with van der Waals surface area (Å²) in [6.45, 7) is 3.34. The summed E-state index contributed by atoms with van der Waals surface area (Å²) in [6, 6.07) is 4.96. The predicted octanol–water partition coefficient (Wildman–Crippen LogP) is 3.91. The van der Waals surface area contributed by atoms with Gasteiger partial charge in [-0.25, -0.2) is 0 Å². The smallest absolute Gasteiger partial charge is 0.270 e. The van der Waals surface area contributed by atoms with E-state index < -0.39 is 0 Å². The molecule has 2 fully saturated rings. The number of aromatic nitrogens is 1. The molecule has 0 bridgehead atoms. The van der Waals surface area contributed by atoms with E-state index in [1.165, 1.54) is 38.5 Å². The summed E-state index contributed by atoms with van der Waals surface area (Å²) in [5, 5.41) is 3.17. The summed E-state index contributed by atoms with van der Waals surface area (Å²) in [5.74, 6) is -0.0104. The molecule has 1 saturated carbocycles. The fourth-order valence-electron chi connectivity index (χ4n) is 3.99. The third kappa shape index (κ3) is 4.04. The average molecular weight is 315 g/mol. The molecule has 1 aliphatic heterocycles. The van der Waals surface area contributed by atoms with Gasteiger partial charge in [0, 0.05) is 30.5 Å². The Morgan fingerprint density at radius 2 is 2.00 bits per heavy atom. The summed E-state index contributed by atoms with van der Waals surface area (Å²) < 4.78 is 0. The highest BCUT2D eigenvalue weighted by Crippen LogP contribution is 2.26. The molecule has 1 aromatic rings. The van der Waals surface area contributed by atoms with E-state index in [1.54, 1.807) is 6.20 Å². The number of hydrogen-bond donors (Lipinski definition) is 1. The van der Waals surface area contributed by atoms with Crippen molar-refractivity contribution < 1.29 is 4.79 Å². The second-order valence-corrected chi connectivity index (χ2v) is 6.96. The lowest BCUT2D eigenvalue weighted by atomic mass is 9.95. The maximum atomic E-state index is 12.5. The fraction of sp³-hybridized carbons (Fsp3) is 0.684. The van der Waals surface area contributed by atoms with Crippen molar-refractivity contribution in [3.63, 3.8) is 0 Å². The SMILES string of the molecule is CCC1CCCCN1c1ccnc(C(=O)NC2CCCCC2)c1. The Morgan fingerprint density at radius 3 is 2.78 bits per heavy atom. The summed E-state index contributed by atoms with van der Waals surface area (Å²) in [5.41, 5.74) is 1.72. The van der Waals surface area contributed by atoms with Gasteiger partial charge in [0.05, 0.1) is 0 Å². The number of hydrogen-bond acceptors (Lipinski definition) is 3. The number of carbonyl (C=O) groups excluding carboxylic acids is 1. The van der Waals surface area contributed by atoms with Crippen molar-refractivity contribution in [2.45, 2.75) is 76.8 Å². The molecule has 4 nitrogen and oxygen atoms in total. The van der Waals surface area contributed by atoms with Gasteiger partial charge in [-0.15, -0.1) is 0 Å². The first-order chi connectivity index (χ1) is 11.3. The Kier molecular flexibility index (Phi) is 5.52. The van der Waals surface area contributed by atoms with Gasteiger partial charge in [-0.05, 0) is 50.7 Å². The molecule has 1 unspecified atom stereocenters. The molecule has 0 radical (unpaired) electrons. The molecular formula is C19H29N3O. The van der Waals surface area contributed by atoms with Crippen molar-refractivity contribution in [1.82, 2.24) is 10.3 Å². The van der Waals surface area contributed by atoms with Crippen LogP contribution in [0.1, 0.15) is 75.2 Å². The van der Waals surface area contributed by atoms with Crippen LogP contribution in [-0.4, -0.2) is 29.5 Å². The second-order valence-electron chi connectivity index (χ2n) is 6.96. The Balaban J connectivity index is 1.69. The van der Waals surface area contributed by atoms with Gasteiger partial charge in [0.1, 0.15) is 5.69 Å². The number of pyridine rings is 1. The Bertz CT molecular complexity index is 525. The molecule has 3 rings (SSSR count). The van der Waals surface area contributed by atoms with Crippen LogP contribution in [0.3, 0.4) is 0 Å². The monoisotopic (exact) mass is 315 g/mol. The molecule has 1 saturated heterocycles. The summed E-state index contributed by atoms with van der Waals surface area (Å²) >= 11 is 0. The molecule has 2 heterocycles. The van der Waals surface area contributed by atoms with Crippen molar-refractivity contribution >= 4 is 11.6 Å². The minimum Gasteiger partial charge on any atom is -0.368 e. The van der Waals surface area contributed by atoms with Gasteiger partial charge in [-0.2, -0.15) is 0 Å². The van der Waals surface area contributed by atoms with Crippen LogP contribution in [0.25, 0.3) is 0 Å². The minimum absolute atomic E-state index is 0.0104. The molecule has 1 atom stereocenters. The van der Waals surface area contributed by atoms with E-state index in [2.05, 4.69) is 22.1 Å². The van der Waals surface area contributed by atoms with E-state index >= 15 is 0 Å². The molecule has 23 heavy (non-hydrogen) atoms. The Hall–Kier alpha value is -1.58. The lowest BCUT2D eigenvalue weighted by Crippen LogP contribution is -2.39. The second kappa shape index (κ2) is 7.80. The first-order valence-electron chi connectivity index (χ1n) is 9.31. The molecule has 1 aliphatic carbocycles. The van der Waals surface area contributed by atoms with Crippen LogP contribution in [0.15, 0.2) is 18.3 Å². The van der Waals surface area contributed by atoms with E-state index in [-0.39, 0.29) is 5.91 Å². The summed E-state index contributed by atoms with van der Waals surface area (Å²) in [7, 11) is 0. The van der Waals surface area contributed by atoms with Gasteiger partial charge in [-0.1, -0.05) is 26.2 Å². The molecule has 2 aliphatic rings. The van der Waals surface area contributed by atoms with Crippen LogP contribution in [0.5, 0.6) is 0 Å². The zero-order chi connectivity index (χ0) is 16.1. The molecule has 1 aromatic heterocycles. The molecule has 0 aromatic carbocycles. The number of nitrogens with one attached hydrogen (secondary N) is 1. The fourth-order valence-corrected chi connectivity index (χ4v) is 3.99. The quantitative estimate of drug-likeness (QED) is 0.916. The molecule has 4 heteroatoms. The van der Waals surface area contributed by atoms with Gasteiger partial charge < -0.3 is 10.2 Å². The minimum atomic E-state index is -0.0104. The molecule has 0 spiro atoms. The molecular weight excluding hydrogens is 286 g/mol. The van der Waals surface area contributed by atoms with Crippen LogP contribution in [0.2, 0.25) is 0 Å². The number of nitrogens with zero attached hydrogens (tertiary/aromatic N) is 2. The van der Waals surface area contributed by atoms with Crippen LogP contribution < -0.4 is 10.2 Å². The molecule has 1 amide bonds. The first kappa shape index (κ1) is 16.3. The topological polar surface area (TPSA) is 45.2 Å². The standard InChI is InChI=1S/C19H29N3O/c1-2-16-10-6-7-13-22(16)17-11-12-20-18(14-17)19(23)21-15-8-4-3-5-9-15/h11-12,14-16H,2-10,13H2,1H3,(H,21,23). The highest BCUT2D eigenvalue weighted by atomic mass is 16.1. The van der Waals surface area contributed by atoms with Crippen molar-refractivity contribution in [3.05, 3.63) is 24.0 Å². The van der Waals surface area contributed by atoms with Gasteiger partial charge in [0.15, 0.2) is 0 Å². The van der Waals surface area contributed by atoms with E-state index in [1.807, 2.05) is 12.1 Å². The van der Waals surface area contributed by atoms with Crippen molar-refractivity contribution in [1.29, 1.82) is 0 Å². The lowest BCUT2D eigenvalue weighted by molar-refractivity contribution is 0.0922. The van der Waals surface area contributed by atoms with Crippen molar-refractivity contribution in [3.8, 4) is 0 Å². The summed E-state index contributed by atoms with van der Waals surface area (Å²) in [6.07, 6.45) is 12.7. The molecule has 1 N–H and O–H groups in total. The normalized spacial score (nSPS) is 22.8. The Morgan fingerprint density at radius 1 is 1.22 bits per heavy atom. The van der Waals surface area contributed by atoms with E-state index in [9.17, 15) is 4.79 Å². The number of rotatable bonds is 4. The number of anilines is 1. The largest absolute Gasteiger partial charge is 0.368 e. The zero-order valence-corrected chi connectivity index (χ0v) is 14.3. The average Bonchev–Trinajstić information content (AvgIpc) is 2.62. The van der Waals surface area contributed by atoms with E-state index in [0.717, 1.165) is 31.5 Å². The van der Waals surface area contributed by atoms with Gasteiger partial charge in [0.25, 0.3) is 5.91 Å². The van der Waals surface area contributed by atoms with Gasteiger partial charge in [-0.3, -0.25) is 9.78 Å². The molecule has 126 valence electrons. The Labute approximate surface area is 139 Å². The number of piperidine rings is 1. The third-order valence-corrected chi connectivity index (χ3v) is 5.35. The van der Waals surface area contributed by atoms with Gasteiger partial charge >= 0.3 is 0 Å². The number of amides is 1.